The molecule has 9 heteroatoms. The zero-order valence-corrected chi connectivity index (χ0v) is 14.0. The first-order valence-corrected chi connectivity index (χ1v) is 8.07. The molecule has 0 saturated heterocycles. The Kier molecular flexibility index (Phi) is 7.63. The molecule has 0 aliphatic heterocycles. The molecule has 1 aromatic carbocycles. The van der Waals surface area contributed by atoms with E-state index in [2.05, 4.69) is 0 Å². The van der Waals surface area contributed by atoms with Crippen molar-refractivity contribution in [3.05, 3.63) is 29.8 Å². The summed E-state index contributed by atoms with van der Waals surface area (Å²) in [4.78, 5) is 34.7. The maximum absolute atomic E-state index is 13.1. The van der Waals surface area contributed by atoms with Crippen molar-refractivity contribution in [3.63, 3.8) is 0 Å². The number of imide groups is 1. The lowest BCUT2D eigenvalue weighted by molar-refractivity contribution is -0.157. The number of rotatable bonds is 7. The Hall–Kier alpha value is -2.16. The number of halogens is 2. The Balaban J connectivity index is 2.49. The Bertz CT molecular complexity index is 625. The molecule has 0 fully saturated rings. The number of thioether (sulfide) groups is 1. The first-order valence-electron chi connectivity index (χ1n) is 7.08. The fourth-order valence-electron chi connectivity index (χ4n) is 1.70. The highest BCUT2D eigenvalue weighted by Gasteiger charge is 2.27. The Labute approximate surface area is 142 Å². The molecule has 24 heavy (non-hydrogen) atoms. The minimum Gasteiger partial charge on any atom is -0.452 e. The van der Waals surface area contributed by atoms with Crippen LogP contribution in [-0.4, -0.2) is 29.8 Å². The van der Waals surface area contributed by atoms with Crippen LogP contribution in [-0.2, 0) is 14.3 Å². The summed E-state index contributed by atoms with van der Waals surface area (Å²) < 4.78 is 30.9. The van der Waals surface area contributed by atoms with Crippen LogP contribution in [0.5, 0.6) is 0 Å². The van der Waals surface area contributed by atoms with Gasteiger partial charge in [-0.05, 0) is 24.1 Å². The van der Waals surface area contributed by atoms with Gasteiger partial charge < -0.3 is 10.5 Å². The van der Waals surface area contributed by atoms with Crippen molar-refractivity contribution in [3.8, 4) is 0 Å². The van der Waals surface area contributed by atoms with Crippen LogP contribution >= 0.6 is 11.8 Å². The number of hydrogen-bond donors (Lipinski definition) is 2. The van der Waals surface area contributed by atoms with Crippen molar-refractivity contribution in [1.29, 1.82) is 0 Å². The van der Waals surface area contributed by atoms with Crippen LogP contribution in [0.2, 0.25) is 0 Å². The molecular weight excluding hydrogens is 342 g/mol. The number of benzene rings is 1. The summed E-state index contributed by atoms with van der Waals surface area (Å²) in [6, 6.07) is 2.39. The van der Waals surface area contributed by atoms with E-state index >= 15 is 0 Å². The number of carbonyl (C=O) groups excluding carboxylic acids is 3. The molecule has 3 amide bonds. The predicted molar refractivity (Wildman–Crippen MR) is 84.1 cm³/mol. The second kappa shape index (κ2) is 9.21. The van der Waals surface area contributed by atoms with E-state index in [1.165, 1.54) is 6.07 Å². The van der Waals surface area contributed by atoms with Crippen LogP contribution in [0.15, 0.2) is 23.1 Å². The minimum atomic E-state index is -1.14. The number of nitrogens with two attached hydrogens (primary N) is 1. The van der Waals surface area contributed by atoms with E-state index in [0.29, 0.717) is 4.90 Å². The molecule has 0 spiro atoms. The van der Waals surface area contributed by atoms with Gasteiger partial charge in [0.05, 0.1) is 6.42 Å². The van der Waals surface area contributed by atoms with E-state index in [1.54, 1.807) is 13.8 Å². The first kappa shape index (κ1) is 19.9. The molecule has 0 unspecified atom stereocenters. The molecule has 0 radical (unpaired) electrons. The number of amides is 3. The predicted octanol–water partition coefficient (Wildman–Crippen LogP) is 2.21. The number of ether oxygens (including phenoxy) is 1. The average molecular weight is 360 g/mol. The van der Waals surface area contributed by atoms with Crippen molar-refractivity contribution in [2.24, 2.45) is 11.7 Å². The van der Waals surface area contributed by atoms with Gasteiger partial charge in [-0.15, -0.1) is 11.8 Å². The molecule has 1 aromatic rings. The van der Waals surface area contributed by atoms with Gasteiger partial charge in [-0.2, -0.15) is 0 Å². The quantitative estimate of drug-likeness (QED) is 0.574. The topological polar surface area (TPSA) is 98.5 Å². The lowest BCUT2D eigenvalue weighted by Crippen LogP contribution is -2.45. The molecule has 0 bridgehead atoms. The van der Waals surface area contributed by atoms with Crippen LogP contribution < -0.4 is 11.1 Å². The molecule has 0 aliphatic rings. The third-order valence-electron chi connectivity index (χ3n) is 2.83. The summed E-state index contributed by atoms with van der Waals surface area (Å²) in [7, 11) is 0. The van der Waals surface area contributed by atoms with Gasteiger partial charge in [-0.1, -0.05) is 13.8 Å². The average Bonchev–Trinajstić information content (AvgIpc) is 2.47. The largest absolute Gasteiger partial charge is 0.452 e. The van der Waals surface area contributed by atoms with Gasteiger partial charge >= 0.3 is 12.0 Å². The van der Waals surface area contributed by atoms with Crippen LogP contribution in [0.4, 0.5) is 13.6 Å². The summed E-state index contributed by atoms with van der Waals surface area (Å²) in [5, 5.41) is 1.86. The number of hydrogen-bond acceptors (Lipinski definition) is 5. The molecule has 6 nitrogen and oxygen atoms in total. The van der Waals surface area contributed by atoms with Gasteiger partial charge in [0.2, 0.25) is 0 Å². The molecule has 1 atom stereocenters. The molecule has 0 aliphatic carbocycles. The minimum absolute atomic E-state index is 0.0449. The smallest absolute Gasteiger partial charge is 0.318 e. The molecule has 3 N–H and O–H groups in total. The SMILES string of the molecule is CC(C)[C@@H](OC(=O)CCSc1ccc(F)c(F)c1)C(=O)NC(N)=O. The Morgan fingerprint density at radius 1 is 1.25 bits per heavy atom. The number of primary amides is 1. The second-order valence-corrected chi connectivity index (χ2v) is 6.35. The zero-order chi connectivity index (χ0) is 18.3. The maximum Gasteiger partial charge on any atom is 0.318 e. The highest BCUT2D eigenvalue weighted by molar-refractivity contribution is 7.99. The molecule has 0 heterocycles. The van der Waals surface area contributed by atoms with Crippen molar-refractivity contribution in [2.45, 2.75) is 31.3 Å². The normalized spacial score (nSPS) is 11.9. The van der Waals surface area contributed by atoms with E-state index < -0.39 is 35.6 Å². The number of carbonyl (C=O) groups is 3. The van der Waals surface area contributed by atoms with Gasteiger partial charge in [-0.25, -0.2) is 13.6 Å². The van der Waals surface area contributed by atoms with Gasteiger partial charge in [0.15, 0.2) is 17.7 Å². The van der Waals surface area contributed by atoms with Crippen molar-refractivity contribution < 1.29 is 27.9 Å². The number of urea groups is 1. The molecule has 0 saturated carbocycles. The summed E-state index contributed by atoms with van der Waals surface area (Å²) in [5.41, 5.74) is 4.86. The number of esters is 1. The number of nitrogens with one attached hydrogen (secondary N) is 1. The molecular formula is C15H18F2N2O4S. The molecule has 1 rings (SSSR count). The lowest BCUT2D eigenvalue weighted by atomic mass is 10.1. The zero-order valence-electron chi connectivity index (χ0n) is 13.2. The van der Waals surface area contributed by atoms with E-state index in [0.717, 1.165) is 23.9 Å². The van der Waals surface area contributed by atoms with Crippen LogP contribution in [0.1, 0.15) is 20.3 Å². The van der Waals surface area contributed by atoms with Gasteiger partial charge in [0.1, 0.15) is 0 Å². The van der Waals surface area contributed by atoms with Crippen molar-refractivity contribution >= 4 is 29.7 Å². The summed E-state index contributed by atoms with van der Waals surface area (Å²) in [5.74, 6) is -3.45. The van der Waals surface area contributed by atoms with Gasteiger partial charge in [0.25, 0.3) is 5.91 Å². The standard InChI is InChI=1S/C15H18F2N2O4S/c1-8(2)13(14(21)19-15(18)22)23-12(20)5-6-24-9-3-4-10(16)11(17)7-9/h3-4,7-8,13H,5-6H2,1-2H3,(H3,18,19,21,22)/t13-/m1/s1. The Morgan fingerprint density at radius 3 is 2.46 bits per heavy atom. The first-order chi connectivity index (χ1) is 11.2. The maximum atomic E-state index is 13.1. The fourth-order valence-corrected chi connectivity index (χ4v) is 2.56. The second-order valence-electron chi connectivity index (χ2n) is 5.18. The van der Waals surface area contributed by atoms with Crippen molar-refractivity contribution in [2.75, 3.05) is 5.75 Å². The van der Waals surface area contributed by atoms with Crippen LogP contribution in [0.3, 0.4) is 0 Å². The lowest BCUT2D eigenvalue weighted by Gasteiger charge is -2.19. The third kappa shape index (κ3) is 6.53. The van der Waals surface area contributed by atoms with Gasteiger partial charge in [0, 0.05) is 10.6 Å². The summed E-state index contributed by atoms with van der Waals surface area (Å²) in [6.07, 6.45) is -1.19. The highest BCUT2D eigenvalue weighted by Crippen LogP contribution is 2.21. The van der Waals surface area contributed by atoms with Crippen LogP contribution in [0, 0.1) is 17.6 Å². The summed E-state index contributed by atoms with van der Waals surface area (Å²) in [6.45, 7) is 3.29. The Morgan fingerprint density at radius 2 is 1.92 bits per heavy atom. The van der Waals surface area contributed by atoms with E-state index in [9.17, 15) is 23.2 Å². The third-order valence-corrected chi connectivity index (χ3v) is 3.83. The summed E-state index contributed by atoms with van der Waals surface area (Å²) >= 11 is 1.14. The fraction of sp³-hybridized carbons (Fsp3) is 0.400. The van der Waals surface area contributed by atoms with E-state index in [4.69, 9.17) is 10.5 Å². The van der Waals surface area contributed by atoms with E-state index in [-0.39, 0.29) is 18.1 Å². The van der Waals surface area contributed by atoms with Crippen LogP contribution in [0.25, 0.3) is 0 Å². The van der Waals surface area contributed by atoms with Gasteiger partial charge in [-0.3, -0.25) is 14.9 Å². The molecule has 0 aromatic heterocycles. The van der Waals surface area contributed by atoms with E-state index in [1.807, 2.05) is 5.32 Å². The monoisotopic (exact) mass is 360 g/mol. The highest BCUT2D eigenvalue weighted by atomic mass is 32.2. The van der Waals surface area contributed by atoms with Crippen molar-refractivity contribution in [1.82, 2.24) is 5.32 Å². The molecule has 132 valence electrons.